The fraction of sp³-hybridized carbons (Fsp3) is 0.333. The lowest BCUT2D eigenvalue weighted by atomic mass is 10.5. The molecule has 0 fully saturated rings. The number of rotatable bonds is 5. The standard InChI is InChI=1S/C9H11ClN2O4S/c1-2-16-9(13)6-12-17(14,15)8-5-11-4-3-7(8)10/h3-5,12H,2,6H2,1H3. The van der Waals surface area contributed by atoms with E-state index in [2.05, 4.69) is 14.4 Å². The van der Waals surface area contributed by atoms with Crippen LogP contribution in [0.1, 0.15) is 6.92 Å². The lowest BCUT2D eigenvalue weighted by molar-refractivity contribution is -0.141. The molecule has 0 atom stereocenters. The van der Waals surface area contributed by atoms with Crippen LogP contribution in [0.25, 0.3) is 0 Å². The predicted octanol–water partition coefficient (Wildman–Crippen LogP) is 0.576. The number of hydrogen-bond acceptors (Lipinski definition) is 5. The molecular formula is C9H11ClN2O4S. The minimum Gasteiger partial charge on any atom is -0.465 e. The van der Waals surface area contributed by atoms with Crippen LogP contribution in [0.3, 0.4) is 0 Å². The van der Waals surface area contributed by atoms with Crippen LogP contribution in [-0.2, 0) is 19.6 Å². The van der Waals surface area contributed by atoms with Crippen LogP contribution in [0.15, 0.2) is 23.4 Å². The van der Waals surface area contributed by atoms with Crippen LogP contribution in [0.5, 0.6) is 0 Å². The summed E-state index contributed by atoms with van der Waals surface area (Å²) in [5.41, 5.74) is 0. The van der Waals surface area contributed by atoms with Gasteiger partial charge >= 0.3 is 5.97 Å². The second-order valence-corrected chi connectivity index (χ2v) is 5.08. The summed E-state index contributed by atoms with van der Waals surface area (Å²) in [6.07, 6.45) is 2.47. The number of ether oxygens (including phenoxy) is 1. The molecule has 94 valence electrons. The molecule has 0 aliphatic heterocycles. The van der Waals surface area contributed by atoms with E-state index in [0.717, 1.165) is 6.20 Å². The molecular weight excluding hydrogens is 268 g/mol. The molecule has 1 rings (SSSR count). The first-order chi connectivity index (χ1) is 7.97. The Labute approximate surface area is 104 Å². The average Bonchev–Trinajstić information content (AvgIpc) is 2.27. The lowest BCUT2D eigenvalue weighted by Gasteiger charge is -2.07. The van der Waals surface area contributed by atoms with Crippen molar-refractivity contribution in [1.82, 2.24) is 9.71 Å². The molecule has 0 aliphatic rings. The van der Waals surface area contributed by atoms with Gasteiger partial charge in [0.1, 0.15) is 11.4 Å². The van der Waals surface area contributed by atoms with E-state index in [-0.39, 0.29) is 16.5 Å². The number of sulfonamides is 1. The zero-order valence-corrected chi connectivity index (χ0v) is 10.6. The fourth-order valence-electron chi connectivity index (χ4n) is 1.00. The molecule has 1 aromatic heterocycles. The van der Waals surface area contributed by atoms with Crippen molar-refractivity contribution in [3.05, 3.63) is 23.5 Å². The summed E-state index contributed by atoms with van der Waals surface area (Å²) < 4.78 is 30.1. The Hall–Kier alpha value is -1.18. The highest BCUT2D eigenvalue weighted by atomic mass is 35.5. The lowest BCUT2D eigenvalue weighted by Crippen LogP contribution is -2.31. The van der Waals surface area contributed by atoms with Crippen LogP contribution >= 0.6 is 11.6 Å². The smallest absolute Gasteiger partial charge is 0.321 e. The summed E-state index contributed by atoms with van der Waals surface area (Å²) in [7, 11) is -3.85. The molecule has 0 spiro atoms. The van der Waals surface area contributed by atoms with E-state index in [1.807, 2.05) is 0 Å². The van der Waals surface area contributed by atoms with Gasteiger partial charge < -0.3 is 4.74 Å². The van der Waals surface area contributed by atoms with Crippen molar-refractivity contribution in [3.8, 4) is 0 Å². The quantitative estimate of drug-likeness (QED) is 0.796. The van der Waals surface area contributed by atoms with Crippen LogP contribution < -0.4 is 4.72 Å². The number of aromatic nitrogens is 1. The molecule has 17 heavy (non-hydrogen) atoms. The van der Waals surface area contributed by atoms with Crippen molar-refractivity contribution in [2.45, 2.75) is 11.8 Å². The number of hydrogen-bond donors (Lipinski definition) is 1. The van der Waals surface area contributed by atoms with Crippen molar-refractivity contribution < 1.29 is 17.9 Å². The topological polar surface area (TPSA) is 85.4 Å². The molecule has 0 bridgehead atoms. The third kappa shape index (κ3) is 3.95. The number of esters is 1. The number of nitrogens with one attached hydrogen (secondary N) is 1. The van der Waals surface area contributed by atoms with Gasteiger partial charge in [0.15, 0.2) is 0 Å². The Morgan fingerprint density at radius 2 is 2.29 bits per heavy atom. The average molecular weight is 279 g/mol. The SMILES string of the molecule is CCOC(=O)CNS(=O)(=O)c1cnccc1Cl. The zero-order chi connectivity index (χ0) is 12.9. The summed E-state index contributed by atoms with van der Waals surface area (Å²) in [5, 5.41) is 0.0383. The molecule has 0 unspecified atom stereocenters. The highest BCUT2D eigenvalue weighted by Crippen LogP contribution is 2.18. The molecule has 0 aliphatic carbocycles. The molecule has 8 heteroatoms. The van der Waals surface area contributed by atoms with Gasteiger partial charge in [-0.1, -0.05) is 11.6 Å². The highest BCUT2D eigenvalue weighted by molar-refractivity contribution is 7.89. The monoisotopic (exact) mass is 278 g/mol. The van der Waals surface area contributed by atoms with Crippen LogP contribution in [0.2, 0.25) is 5.02 Å². The van der Waals surface area contributed by atoms with Gasteiger partial charge in [-0.2, -0.15) is 4.72 Å². The zero-order valence-electron chi connectivity index (χ0n) is 9.01. The molecule has 1 heterocycles. The second-order valence-electron chi connectivity index (χ2n) is 2.94. The molecule has 0 saturated heterocycles. The van der Waals surface area contributed by atoms with Crippen LogP contribution in [0, 0.1) is 0 Å². The number of nitrogens with zero attached hydrogens (tertiary/aromatic N) is 1. The Balaban J connectivity index is 2.77. The molecule has 0 radical (unpaired) electrons. The number of halogens is 1. The van der Waals surface area contributed by atoms with E-state index >= 15 is 0 Å². The van der Waals surface area contributed by atoms with E-state index in [1.54, 1.807) is 6.92 Å². The van der Waals surface area contributed by atoms with E-state index in [0.29, 0.717) is 0 Å². The second kappa shape index (κ2) is 5.95. The van der Waals surface area contributed by atoms with Gasteiger partial charge in [0.2, 0.25) is 10.0 Å². The maximum Gasteiger partial charge on any atom is 0.321 e. The van der Waals surface area contributed by atoms with Gasteiger partial charge in [-0.05, 0) is 13.0 Å². The predicted molar refractivity (Wildman–Crippen MR) is 61.1 cm³/mol. The van der Waals surface area contributed by atoms with E-state index < -0.39 is 22.5 Å². The minimum atomic E-state index is -3.85. The van der Waals surface area contributed by atoms with E-state index in [4.69, 9.17) is 11.6 Å². The summed E-state index contributed by atoms with van der Waals surface area (Å²) >= 11 is 5.71. The number of carbonyl (C=O) groups is 1. The Morgan fingerprint density at radius 3 is 2.88 bits per heavy atom. The highest BCUT2D eigenvalue weighted by Gasteiger charge is 2.19. The normalized spacial score (nSPS) is 11.2. The first-order valence-electron chi connectivity index (χ1n) is 4.72. The third-order valence-electron chi connectivity index (χ3n) is 1.74. The van der Waals surface area contributed by atoms with Crippen molar-refractivity contribution in [1.29, 1.82) is 0 Å². The van der Waals surface area contributed by atoms with Crippen molar-refractivity contribution >= 4 is 27.6 Å². The first kappa shape index (κ1) is 13.9. The maximum absolute atomic E-state index is 11.7. The Kier molecular flexibility index (Phi) is 4.86. The largest absolute Gasteiger partial charge is 0.465 e. The van der Waals surface area contributed by atoms with Gasteiger partial charge in [-0.15, -0.1) is 0 Å². The van der Waals surface area contributed by atoms with Crippen molar-refractivity contribution in [3.63, 3.8) is 0 Å². The molecule has 0 amide bonds. The molecule has 1 N–H and O–H groups in total. The fourth-order valence-corrected chi connectivity index (χ4v) is 2.40. The maximum atomic E-state index is 11.7. The van der Waals surface area contributed by atoms with Gasteiger partial charge in [-0.25, -0.2) is 8.42 Å². The van der Waals surface area contributed by atoms with Gasteiger partial charge in [0, 0.05) is 12.4 Å². The van der Waals surface area contributed by atoms with E-state index in [9.17, 15) is 13.2 Å². The summed E-state index contributed by atoms with van der Waals surface area (Å²) in [4.78, 5) is 14.5. The Bertz CT molecular complexity index is 503. The van der Waals surface area contributed by atoms with Crippen LogP contribution in [0.4, 0.5) is 0 Å². The summed E-state index contributed by atoms with van der Waals surface area (Å²) in [6, 6.07) is 1.35. The van der Waals surface area contributed by atoms with Crippen molar-refractivity contribution in [2.24, 2.45) is 0 Å². The van der Waals surface area contributed by atoms with E-state index in [1.165, 1.54) is 12.3 Å². The molecule has 6 nitrogen and oxygen atoms in total. The Morgan fingerprint density at radius 1 is 1.59 bits per heavy atom. The number of carbonyl (C=O) groups excluding carboxylic acids is 1. The van der Waals surface area contributed by atoms with Gasteiger partial charge in [0.25, 0.3) is 0 Å². The van der Waals surface area contributed by atoms with Crippen LogP contribution in [-0.4, -0.2) is 32.5 Å². The summed E-state index contributed by atoms with van der Waals surface area (Å²) in [5.74, 6) is -0.656. The van der Waals surface area contributed by atoms with Gasteiger partial charge in [-0.3, -0.25) is 9.78 Å². The van der Waals surface area contributed by atoms with Crippen molar-refractivity contribution in [2.75, 3.05) is 13.2 Å². The third-order valence-corrected chi connectivity index (χ3v) is 3.61. The number of pyridine rings is 1. The summed E-state index contributed by atoms with van der Waals surface area (Å²) in [6.45, 7) is 1.37. The van der Waals surface area contributed by atoms with Gasteiger partial charge in [0.05, 0.1) is 11.6 Å². The molecule has 1 aromatic rings. The molecule has 0 saturated carbocycles. The first-order valence-corrected chi connectivity index (χ1v) is 6.58. The molecule has 0 aromatic carbocycles. The minimum absolute atomic E-state index is 0.0383.